The molecule has 0 heterocycles. The Balaban J connectivity index is 2.36. The van der Waals surface area contributed by atoms with Crippen molar-refractivity contribution in [3.63, 3.8) is 0 Å². The number of anilines is 2. The minimum atomic E-state index is -4.53. The first kappa shape index (κ1) is 21.7. The predicted octanol–water partition coefficient (Wildman–Crippen LogP) is 7.33. The van der Waals surface area contributed by atoms with Crippen molar-refractivity contribution in [2.75, 3.05) is 18.9 Å². The van der Waals surface area contributed by atoms with Gasteiger partial charge in [-0.1, -0.05) is 34.8 Å². The maximum atomic E-state index is 12.9. The summed E-state index contributed by atoms with van der Waals surface area (Å²) in [6, 6.07) is 5.04. The molecule has 0 bridgehead atoms. The number of nitrogens with zero attached hydrogens (tertiary/aromatic N) is 2. The fraction of sp³-hybridized carbons (Fsp3) is 0.278. The smallest absolute Gasteiger partial charge is 0.366 e. The van der Waals surface area contributed by atoms with Gasteiger partial charge in [0.05, 0.1) is 38.3 Å². The Morgan fingerprint density at radius 2 is 1.67 bits per heavy atom. The van der Waals surface area contributed by atoms with Crippen LogP contribution in [0.3, 0.4) is 0 Å². The topological polar surface area (TPSA) is 27.6 Å². The normalized spacial score (nSPS) is 11.9. The lowest BCUT2D eigenvalue weighted by atomic mass is 10.1. The minimum absolute atomic E-state index is 0.142. The Hall–Kier alpha value is -1.63. The molecule has 0 unspecified atom stereocenters. The van der Waals surface area contributed by atoms with Crippen molar-refractivity contribution in [2.45, 2.75) is 20.0 Å². The van der Waals surface area contributed by atoms with Gasteiger partial charge in [-0.25, -0.2) is 4.99 Å². The molecular formula is C18H17Cl3F3N3. The lowest BCUT2D eigenvalue weighted by Gasteiger charge is -2.16. The standard InChI is InChI=1S/C18H17Cl3F3N3/c1-4-27(3)9-25-16-5-10(2)15(8-12(16)19)26-17-13(20)6-11(7-14(17)21)18(22,23)24/h5-9,26H,4H2,1-3H3. The summed E-state index contributed by atoms with van der Waals surface area (Å²) < 4.78 is 38.6. The summed E-state index contributed by atoms with van der Waals surface area (Å²) >= 11 is 18.3. The number of hydrogen-bond acceptors (Lipinski definition) is 2. The quantitative estimate of drug-likeness (QED) is 0.391. The molecule has 0 spiro atoms. The number of aliphatic imine (C=N–C) groups is 1. The van der Waals surface area contributed by atoms with Gasteiger partial charge in [-0.15, -0.1) is 0 Å². The number of aryl methyl sites for hydroxylation is 1. The van der Waals surface area contributed by atoms with E-state index in [0.29, 0.717) is 16.4 Å². The Morgan fingerprint density at radius 1 is 1.07 bits per heavy atom. The molecule has 0 saturated heterocycles. The monoisotopic (exact) mass is 437 g/mol. The van der Waals surface area contributed by atoms with E-state index < -0.39 is 11.7 Å². The Labute approximate surface area is 170 Å². The van der Waals surface area contributed by atoms with E-state index in [2.05, 4.69) is 10.3 Å². The van der Waals surface area contributed by atoms with Gasteiger partial charge in [0.1, 0.15) is 0 Å². The second kappa shape index (κ2) is 8.59. The lowest BCUT2D eigenvalue weighted by molar-refractivity contribution is -0.137. The Morgan fingerprint density at radius 3 is 2.19 bits per heavy atom. The average Bonchev–Trinajstić information content (AvgIpc) is 2.57. The fourth-order valence-electron chi connectivity index (χ4n) is 2.13. The second-order valence-corrected chi connectivity index (χ2v) is 7.10. The summed E-state index contributed by atoms with van der Waals surface area (Å²) in [5.41, 5.74) is 1.17. The van der Waals surface area contributed by atoms with Crippen LogP contribution in [0.4, 0.5) is 30.2 Å². The molecule has 0 fully saturated rings. The summed E-state index contributed by atoms with van der Waals surface area (Å²) in [5, 5.41) is 3.05. The van der Waals surface area contributed by atoms with Crippen LogP contribution in [-0.4, -0.2) is 24.8 Å². The average molecular weight is 439 g/mol. The van der Waals surface area contributed by atoms with Gasteiger partial charge in [0.2, 0.25) is 0 Å². The number of hydrogen-bond donors (Lipinski definition) is 1. The summed E-state index contributed by atoms with van der Waals surface area (Å²) in [4.78, 5) is 6.21. The molecule has 9 heteroatoms. The van der Waals surface area contributed by atoms with Crippen molar-refractivity contribution >= 4 is 58.2 Å². The highest BCUT2D eigenvalue weighted by Crippen LogP contribution is 2.41. The summed E-state index contributed by atoms with van der Waals surface area (Å²) in [5.74, 6) is 0. The molecule has 146 valence electrons. The SMILES string of the molecule is CCN(C)C=Nc1cc(C)c(Nc2c(Cl)cc(C(F)(F)F)cc2Cl)cc1Cl. The highest BCUT2D eigenvalue weighted by molar-refractivity contribution is 6.39. The molecule has 27 heavy (non-hydrogen) atoms. The zero-order chi connectivity index (χ0) is 20.4. The van der Waals surface area contributed by atoms with E-state index in [-0.39, 0.29) is 15.7 Å². The van der Waals surface area contributed by atoms with Crippen molar-refractivity contribution in [2.24, 2.45) is 4.99 Å². The van der Waals surface area contributed by atoms with Crippen LogP contribution in [0.25, 0.3) is 0 Å². The molecule has 2 aromatic carbocycles. The van der Waals surface area contributed by atoms with Crippen LogP contribution in [-0.2, 0) is 6.18 Å². The van der Waals surface area contributed by atoms with E-state index in [1.165, 1.54) is 0 Å². The van der Waals surface area contributed by atoms with Crippen LogP contribution >= 0.6 is 34.8 Å². The van der Waals surface area contributed by atoms with Gasteiger partial charge in [0.15, 0.2) is 0 Å². The van der Waals surface area contributed by atoms with Gasteiger partial charge in [-0.05, 0) is 43.7 Å². The second-order valence-electron chi connectivity index (χ2n) is 5.87. The van der Waals surface area contributed by atoms with Crippen LogP contribution in [0.2, 0.25) is 15.1 Å². The fourth-order valence-corrected chi connectivity index (χ4v) is 2.93. The van der Waals surface area contributed by atoms with Gasteiger partial charge in [-0.3, -0.25) is 0 Å². The van der Waals surface area contributed by atoms with Crippen molar-refractivity contribution in [1.82, 2.24) is 4.90 Å². The van der Waals surface area contributed by atoms with Crippen LogP contribution < -0.4 is 5.32 Å². The lowest BCUT2D eigenvalue weighted by Crippen LogP contribution is -2.14. The molecule has 0 atom stereocenters. The molecule has 1 N–H and O–H groups in total. The van der Waals surface area contributed by atoms with Crippen LogP contribution in [0.15, 0.2) is 29.3 Å². The summed E-state index contributed by atoms with van der Waals surface area (Å²) in [6.07, 6.45) is -2.87. The maximum Gasteiger partial charge on any atom is 0.416 e. The minimum Gasteiger partial charge on any atom is -0.366 e. The van der Waals surface area contributed by atoms with Gasteiger partial charge >= 0.3 is 6.18 Å². The zero-order valence-electron chi connectivity index (χ0n) is 14.8. The van der Waals surface area contributed by atoms with E-state index in [0.717, 1.165) is 24.2 Å². The summed E-state index contributed by atoms with van der Waals surface area (Å²) in [7, 11) is 1.88. The molecule has 2 aromatic rings. The van der Waals surface area contributed by atoms with E-state index in [1.54, 1.807) is 18.5 Å². The van der Waals surface area contributed by atoms with Crippen molar-refractivity contribution < 1.29 is 13.2 Å². The molecule has 0 aromatic heterocycles. The molecule has 0 saturated carbocycles. The van der Waals surface area contributed by atoms with Gasteiger partial charge < -0.3 is 10.2 Å². The zero-order valence-corrected chi connectivity index (χ0v) is 17.0. The maximum absolute atomic E-state index is 12.9. The Kier molecular flexibility index (Phi) is 6.89. The first-order valence-electron chi connectivity index (χ1n) is 7.90. The number of alkyl halides is 3. The van der Waals surface area contributed by atoms with E-state index >= 15 is 0 Å². The molecule has 0 amide bonds. The molecule has 0 aliphatic heterocycles. The number of halogens is 6. The van der Waals surface area contributed by atoms with E-state index in [4.69, 9.17) is 34.8 Å². The van der Waals surface area contributed by atoms with E-state index in [9.17, 15) is 13.2 Å². The first-order valence-corrected chi connectivity index (χ1v) is 9.04. The molecule has 0 aliphatic rings. The van der Waals surface area contributed by atoms with Crippen molar-refractivity contribution in [3.05, 3.63) is 50.5 Å². The molecule has 0 radical (unpaired) electrons. The number of benzene rings is 2. The molecular weight excluding hydrogens is 422 g/mol. The van der Waals surface area contributed by atoms with E-state index in [1.807, 2.05) is 25.8 Å². The molecule has 3 nitrogen and oxygen atoms in total. The van der Waals surface area contributed by atoms with Crippen LogP contribution in [0.1, 0.15) is 18.1 Å². The van der Waals surface area contributed by atoms with Gasteiger partial charge in [0.25, 0.3) is 0 Å². The third-order valence-electron chi connectivity index (χ3n) is 3.82. The summed E-state index contributed by atoms with van der Waals surface area (Å²) in [6.45, 7) is 4.60. The van der Waals surface area contributed by atoms with Gasteiger partial charge in [0, 0.05) is 19.3 Å². The van der Waals surface area contributed by atoms with Crippen LogP contribution in [0.5, 0.6) is 0 Å². The molecule has 2 rings (SSSR count). The van der Waals surface area contributed by atoms with Crippen molar-refractivity contribution in [3.8, 4) is 0 Å². The highest BCUT2D eigenvalue weighted by Gasteiger charge is 2.32. The van der Waals surface area contributed by atoms with Crippen LogP contribution in [0, 0.1) is 6.92 Å². The predicted molar refractivity (Wildman–Crippen MR) is 107 cm³/mol. The Bertz CT molecular complexity index is 844. The molecule has 0 aliphatic carbocycles. The third kappa shape index (κ3) is 5.43. The number of nitrogens with one attached hydrogen (secondary N) is 1. The first-order chi connectivity index (χ1) is 12.5. The van der Waals surface area contributed by atoms with Gasteiger partial charge in [-0.2, -0.15) is 13.2 Å². The highest BCUT2D eigenvalue weighted by atomic mass is 35.5. The number of rotatable bonds is 5. The van der Waals surface area contributed by atoms with Crippen molar-refractivity contribution in [1.29, 1.82) is 0 Å². The largest absolute Gasteiger partial charge is 0.416 e. The third-order valence-corrected chi connectivity index (χ3v) is 4.71.